The van der Waals surface area contributed by atoms with Crippen LogP contribution in [-0.2, 0) is 19.8 Å². The van der Waals surface area contributed by atoms with Crippen LogP contribution in [0.4, 0.5) is 0 Å². The molecule has 0 N–H and O–H groups in total. The molecule has 160 valence electrons. The van der Waals surface area contributed by atoms with Crippen LogP contribution in [0.3, 0.4) is 0 Å². The van der Waals surface area contributed by atoms with Crippen molar-refractivity contribution in [3.05, 3.63) is 35.4 Å². The Morgan fingerprint density at radius 3 is 2.33 bits per heavy atom. The summed E-state index contributed by atoms with van der Waals surface area (Å²) in [5.41, 5.74) is 0.757. The van der Waals surface area contributed by atoms with Crippen molar-refractivity contribution in [1.82, 2.24) is 9.80 Å². The monoisotopic (exact) mass is 408 g/mol. The lowest BCUT2D eigenvalue weighted by molar-refractivity contribution is -0.143. The average Bonchev–Trinajstić information content (AvgIpc) is 2.80. The SMILES string of the molecule is CCN1C(=O)CC(CC(=O)N2CC3CC4CC(C3)CC2C4)(c2ccccc2C)C1=O. The highest BCUT2D eigenvalue weighted by molar-refractivity contribution is 6.10. The van der Waals surface area contributed by atoms with Crippen molar-refractivity contribution in [2.75, 3.05) is 13.1 Å². The molecule has 0 spiro atoms. The molecule has 0 radical (unpaired) electrons. The van der Waals surface area contributed by atoms with Crippen LogP contribution in [0.2, 0.25) is 0 Å². The van der Waals surface area contributed by atoms with E-state index in [0.29, 0.717) is 18.5 Å². The summed E-state index contributed by atoms with van der Waals surface area (Å²) < 4.78 is 0. The minimum absolute atomic E-state index is 0.0653. The molecule has 4 bridgehead atoms. The van der Waals surface area contributed by atoms with Crippen molar-refractivity contribution in [2.45, 2.75) is 70.3 Å². The van der Waals surface area contributed by atoms with Crippen molar-refractivity contribution in [3.8, 4) is 0 Å². The van der Waals surface area contributed by atoms with Gasteiger partial charge in [0.25, 0.3) is 0 Å². The van der Waals surface area contributed by atoms with Crippen LogP contribution in [0.1, 0.15) is 63.0 Å². The van der Waals surface area contributed by atoms with Crippen LogP contribution < -0.4 is 0 Å². The summed E-state index contributed by atoms with van der Waals surface area (Å²) in [4.78, 5) is 43.5. The highest BCUT2D eigenvalue weighted by Gasteiger charge is 2.55. The van der Waals surface area contributed by atoms with E-state index < -0.39 is 5.41 Å². The predicted molar refractivity (Wildman–Crippen MR) is 114 cm³/mol. The highest BCUT2D eigenvalue weighted by atomic mass is 16.2. The number of imide groups is 1. The van der Waals surface area contributed by atoms with Gasteiger partial charge < -0.3 is 4.90 Å². The number of amides is 3. The van der Waals surface area contributed by atoms with Gasteiger partial charge in [-0.3, -0.25) is 19.3 Å². The number of aryl methyl sites for hydroxylation is 1. The van der Waals surface area contributed by atoms with Gasteiger partial charge in [-0.25, -0.2) is 0 Å². The van der Waals surface area contributed by atoms with E-state index in [-0.39, 0.29) is 30.6 Å². The number of likely N-dealkylation sites (tertiary alicyclic amines) is 1. The van der Waals surface area contributed by atoms with Crippen LogP contribution in [0.15, 0.2) is 24.3 Å². The Balaban J connectivity index is 1.49. The molecule has 3 amide bonds. The first-order chi connectivity index (χ1) is 14.4. The van der Waals surface area contributed by atoms with E-state index in [1.165, 1.54) is 24.2 Å². The van der Waals surface area contributed by atoms with Gasteiger partial charge in [0.2, 0.25) is 17.7 Å². The normalized spacial score (nSPS) is 35.3. The summed E-state index contributed by atoms with van der Waals surface area (Å²) >= 11 is 0. The maximum absolute atomic E-state index is 13.8. The van der Waals surface area contributed by atoms with Gasteiger partial charge in [-0.1, -0.05) is 24.3 Å². The number of fused-ring (bicyclic) bond motifs is 1. The van der Waals surface area contributed by atoms with E-state index >= 15 is 0 Å². The third kappa shape index (κ3) is 3.00. The summed E-state index contributed by atoms with van der Waals surface area (Å²) in [7, 11) is 0. The molecule has 0 aromatic heterocycles. The van der Waals surface area contributed by atoms with Gasteiger partial charge in [-0.15, -0.1) is 0 Å². The average molecular weight is 409 g/mol. The number of nitrogens with zero attached hydrogens (tertiary/aromatic N) is 2. The summed E-state index contributed by atoms with van der Waals surface area (Å²) in [5.74, 6) is 1.85. The van der Waals surface area contributed by atoms with Crippen LogP contribution in [0.25, 0.3) is 0 Å². The molecule has 2 aliphatic carbocycles. The minimum atomic E-state index is -1.06. The lowest BCUT2D eigenvalue weighted by Crippen LogP contribution is -2.47. The molecular formula is C25H32N2O3. The maximum Gasteiger partial charge on any atom is 0.240 e. The van der Waals surface area contributed by atoms with E-state index in [2.05, 4.69) is 4.90 Å². The van der Waals surface area contributed by atoms with Gasteiger partial charge in [-0.2, -0.15) is 0 Å². The molecule has 5 fully saturated rings. The molecule has 3 heterocycles. The van der Waals surface area contributed by atoms with Crippen molar-refractivity contribution in [3.63, 3.8) is 0 Å². The highest BCUT2D eigenvalue weighted by Crippen LogP contribution is 2.48. The molecule has 30 heavy (non-hydrogen) atoms. The summed E-state index contributed by atoms with van der Waals surface area (Å²) in [6.45, 7) is 4.99. The van der Waals surface area contributed by atoms with Gasteiger partial charge in [0.05, 0.1) is 5.41 Å². The first-order valence-electron chi connectivity index (χ1n) is 11.6. The summed E-state index contributed by atoms with van der Waals surface area (Å²) in [6.07, 6.45) is 6.27. The molecule has 2 saturated carbocycles. The zero-order chi connectivity index (χ0) is 21.0. The van der Waals surface area contributed by atoms with Gasteiger partial charge in [0.1, 0.15) is 0 Å². The second kappa shape index (κ2) is 7.21. The van der Waals surface area contributed by atoms with E-state index in [1.807, 2.05) is 38.1 Å². The topological polar surface area (TPSA) is 57.7 Å². The largest absolute Gasteiger partial charge is 0.339 e. The van der Waals surface area contributed by atoms with E-state index in [0.717, 1.165) is 42.3 Å². The quantitative estimate of drug-likeness (QED) is 0.717. The van der Waals surface area contributed by atoms with Gasteiger partial charge in [0.15, 0.2) is 0 Å². The lowest BCUT2D eigenvalue weighted by atomic mass is 9.68. The van der Waals surface area contributed by atoms with Gasteiger partial charge >= 0.3 is 0 Å². The van der Waals surface area contributed by atoms with Crippen LogP contribution in [0, 0.1) is 24.7 Å². The second-order valence-electron chi connectivity index (χ2n) is 10.2. The molecule has 5 heteroatoms. The number of likely N-dealkylation sites (N-methyl/N-ethyl adjacent to an activating group) is 1. The number of benzene rings is 1. The van der Waals surface area contributed by atoms with Crippen LogP contribution in [-0.4, -0.2) is 46.7 Å². The van der Waals surface area contributed by atoms with Crippen molar-refractivity contribution < 1.29 is 14.4 Å². The van der Waals surface area contributed by atoms with E-state index in [4.69, 9.17) is 0 Å². The number of rotatable bonds is 4. The van der Waals surface area contributed by atoms with E-state index in [1.54, 1.807) is 0 Å². The fraction of sp³-hybridized carbons (Fsp3) is 0.640. The molecular weight excluding hydrogens is 376 g/mol. The minimum Gasteiger partial charge on any atom is -0.339 e. The Morgan fingerprint density at radius 1 is 1.03 bits per heavy atom. The third-order valence-electron chi connectivity index (χ3n) is 8.27. The Morgan fingerprint density at radius 2 is 1.70 bits per heavy atom. The standard InChI is InChI=1S/C25H32N2O3/c1-3-26-22(28)13-25(24(26)30,21-7-5-4-6-16(21)2)14-23(29)27-15-19-9-17-8-18(10-19)12-20(27)11-17/h4-7,17-20H,3,8-15H2,1-2H3. The Kier molecular flexibility index (Phi) is 4.75. The molecule has 3 aliphatic heterocycles. The lowest BCUT2D eigenvalue weighted by Gasteiger charge is -2.39. The molecule has 1 aromatic rings. The summed E-state index contributed by atoms with van der Waals surface area (Å²) in [5, 5.41) is 0. The predicted octanol–water partition coefficient (Wildman–Crippen LogP) is 3.44. The van der Waals surface area contributed by atoms with Crippen molar-refractivity contribution in [1.29, 1.82) is 0 Å². The number of carbonyl (C=O) groups is 3. The molecule has 1 aromatic carbocycles. The summed E-state index contributed by atoms with van der Waals surface area (Å²) in [6, 6.07) is 8.07. The van der Waals surface area contributed by atoms with Crippen molar-refractivity contribution in [2.24, 2.45) is 17.8 Å². The van der Waals surface area contributed by atoms with Gasteiger partial charge in [0, 0.05) is 32.0 Å². The second-order valence-corrected chi connectivity index (χ2v) is 10.2. The Bertz CT molecular complexity index is 882. The number of hydrogen-bond acceptors (Lipinski definition) is 3. The number of carbonyl (C=O) groups excluding carboxylic acids is 3. The zero-order valence-corrected chi connectivity index (χ0v) is 18.1. The number of hydrogen-bond donors (Lipinski definition) is 0. The first kappa shape index (κ1) is 19.8. The Hall–Kier alpha value is -2.17. The van der Waals surface area contributed by atoms with Crippen molar-refractivity contribution >= 4 is 17.7 Å². The molecule has 3 atom stereocenters. The van der Waals surface area contributed by atoms with Crippen LogP contribution in [0.5, 0.6) is 0 Å². The third-order valence-corrected chi connectivity index (χ3v) is 8.27. The van der Waals surface area contributed by atoms with E-state index in [9.17, 15) is 14.4 Å². The fourth-order valence-corrected chi connectivity index (χ4v) is 7.12. The van der Waals surface area contributed by atoms with Crippen LogP contribution >= 0.6 is 0 Å². The first-order valence-corrected chi connectivity index (χ1v) is 11.6. The molecule has 5 nitrogen and oxygen atoms in total. The molecule has 3 unspecified atom stereocenters. The maximum atomic E-state index is 13.8. The molecule has 3 saturated heterocycles. The molecule has 6 rings (SSSR count). The zero-order valence-electron chi connectivity index (χ0n) is 18.1. The smallest absolute Gasteiger partial charge is 0.240 e. The Labute approximate surface area is 178 Å². The fourth-order valence-electron chi connectivity index (χ4n) is 7.12. The molecule has 5 aliphatic rings. The van der Waals surface area contributed by atoms with Gasteiger partial charge in [-0.05, 0) is 74.8 Å².